The van der Waals surface area contributed by atoms with Gasteiger partial charge in [0.1, 0.15) is 24.2 Å². The highest BCUT2D eigenvalue weighted by Gasteiger charge is 2.34. The van der Waals surface area contributed by atoms with Crippen LogP contribution in [0.2, 0.25) is 10.0 Å². The van der Waals surface area contributed by atoms with E-state index in [1.165, 1.54) is 17.8 Å². The predicted octanol–water partition coefficient (Wildman–Crippen LogP) is 9.14. The van der Waals surface area contributed by atoms with Crippen LogP contribution in [0.5, 0.6) is 5.75 Å². The van der Waals surface area contributed by atoms with Crippen LogP contribution in [0, 0.1) is 19.7 Å². The number of aromatic nitrogens is 3. The number of rotatable bonds is 9. The van der Waals surface area contributed by atoms with Gasteiger partial charge in [0.05, 0.1) is 10.6 Å². The molecule has 7 nitrogen and oxygen atoms in total. The molecule has 0 aliphatic carbocycles. The van der Waals surface area contributed by atoms with E-state index in [1.807, 2.05) is 75.4 Å². The summed E-state index contributed by atoms with van der Waals surface area (Å²) in [5.74, 6) is 0.930. The number of thioether (sulfide) groups is 1. The molecular formula is C35H30Cl2FN5O2S. The average molecular weight is 675 g/mol. The Morgan fingerprint density at radius 2 is 1.72 bits per heavy atom. The number of carbonyl (C=O) groups excluding carboxylic acids is 1. The van der Waals surface area contributed by atoms with Crippen molar-refractivity contribution in [2.24, 2.45) is 0 Å². The molecule has 1 aromatic heterocycles. The Hall–Kier alpha value is -4.31. The fourth-order valence-electron chi connectivity index (χ4n) is 5.20. The van der Waals surface area contributed by atoms with Crippen molar-refractivity contribution in [1.82, 2.24) is 14.8 Å². The summed E-state index contributed by atoms with van der Waals surface area (Å²) in [5, 5.41) is 12.8. The van der Waals surface area contributed by atoms with Crippen LogP contribution in [-0.2, 0) is 17.2 Å². The summed E-state index contributed by atoms with van der Waals surface area (Å²) in [5.41, 5.74) is 6.00. The van der Waals surface area contributed by atoms with E-state index in [4.69, 9.17) is 38.0 Å². The minimum absolute atomic E-state index is 0.0278. The third-order valence-corrected chi connectivity index (χ3v) is 9.50. The minimum Gasteiger partial charge on any atom is -0.489 e. The molecule has 0 bridgehead atoms. The summed E-state index contributed by atoms with van der Waals surface area (Å²) < 4.78 is 21.9. The number of anilines is 2. The van der Waals surface area contributed by atoms with Gasteiger partial charge in [0.2, 0.25) is 11.1 Å². The van der Waals surface area contributed by atoms with Crippen molar-refractivity contribution in [2.75, 3.05) is 10.6 Å². The molecule has 11 heteroatoms. The van der Waals surface area contributed by atoms with Gasteiger partial charge in [0, 0.05) is 27.7 Å². The van der Waals surface area contributed by atoms with Gasteiger partial charge in [-0.05, 0) is 79.4 Å². The van der Waals surface area contributed by atoms with E-state index < -0.39 is 11.9 Å². The lowest BCUT2D eigenvalue weighted by molar-refractivity contribution is -0.113. The molecule has 1 aliphatic heterocycles. The highest BCUT2D eigenvalue weighted by molar-refractivity contribution is 7.98. The minimum atomic E-state index is -0.599. The maximum Gasteiger partial charge on any atom is 0.255 e. The standard InChI is InChI=1S/C35H30Cl2FN5O2S/c1-20-8-6-13-30(21(20)2)40-33(44)31-22(3)39-34-41-35(46-19-24-9-4-5-10-27(24)36)42-43(34)32(31)23-14-16-25(17-15-23)45-18-26-28(37)11-7-12-29(26)38/h4-17,32H,18-19H2,1-3H3,(H,40,44)(H,39,41,42). The summed E-state index contributed by atoms with van der Waals surface area (Å²) >= 11 is 14.0. The molecule has 0 spiro atoms. The molecule has 5 aromatic rings. The maximum atomic E-state index is 14.3. The lowest BCUT2D eigenvalue weighted by Gasteiger charge is -2.29. The van der Waals surface area contributed by atoms with Gasteiger partial charge in [-0.15, -0.1) is 5.10 Å². The van der Waals surface area contributed by atoms with Crippen LogP contribution in [0.1, 0.15) is 40.8 Å². The molecule has 6 rings (SSSR count). The molecular weight excluding hydrogens is 644 g/mol. The monoisotopic (exact) mass is 673 g/mol. The van der Waals surface area contributed by atoms with Crippen molar-refractivity contribution in [3.05, 3.63) is 140 Å². The van der Waals surface area contributed by atoms with Crippen LogP contribution in [0.3, 0.4) is 0 Å². The van der Waals surface area contributed by atoms with Gasteiger partial charge < -0.3 is 15.4 Å². The molecule has 2 N–H and O–H groups in total. The molecule has 1 amide bonds. The smallest absolute Gasteiger partial charge is 0.255 e. The second-order valence-electron chi connectivity index (χ2n) is 10.9. The van der Waals surface area contributed by atoms with E-state index in [-0.39, 0.29) is 18.1 Å². The lowest BCUT2D eigenvalue weighted by atomic mass is 9.94. The molecule has 1 unspecified atom stereocenters. The first-order valence-electron chi connectivity index (χ1n) is 14.5. The maximum absolute atomic E-state index is 14.3. The quantitative estimate of drug-likeness (QED) is 0.152. The summed E-state index contributed by atoms with van der Waals surface area (Å²) in [6.45, 7) is 5.82. The van der Waals surface area contributed by atoms with E-state index in [0.29, 0.717) is 43.9 Å². The largest absolute Gasteiger partial charge is 0.489 e. The molecule has 0 saturated carbocycles. The fourth-order valence-corrected chi connectivity index (χ4v) is 6.53. The highest BCUT2D eigenvalue weighted by Crippen LogP contribution is 2.38. The summed E-state index contributed by atoms with van der Waals surface area (Å²) in [4.78, 5) is 18.8. The van der Waals surface area contributed by atoms with E-state index >= 15 is 0 Å². The summed E-state index contributed by atoms with van der Waals surface area (Å²) in [7, 11) is 0. The molecule has 1 aliphatic rings. The summed E-state index contributed by atoms with van der Waals surface area (Å²) in [6.07, 6.45) is 0. The molecule has 4 aromatic carbocycles. The molecule has 1 atom stereocenters. The fraction of sp³-hybridized carbons (Fsp3) is 0.171. The van der Waals surface area contributed by atoms with Gasteiger partial charge in [-0.1, -0.05) is 83.5 Å². The van der Waals surface area contributed by atoms with Crippen molar-refractivity contribution >= 4 is 52.5 Å². The zero-order chi connectivity index (χ0) is 32.4. The van der Waals surface area contributed by atoms with Gasteiger partial charge in [-0.3, -0.25) is 4.79 Å². The number of nitrogens with zero attached hydrogens (tertiary/aromatic N) is 3. The number of amides is 1. The van der Waals surface area contributed by atoms with Crippen molar-refractivity contribution < 1.29 is 13.9 Å². The Kier molecular flexibility index (Phi) is 9.35. The third-order valence-electron chi connectivity index (χ3n) is 7.89. The number of fused-ring (bicyclic) bond motifs is 1. The SMILES string of the molecule is CC1=C(C(=O)Nc2cccc(C)c2C)C(c2ccc(OCc3c(F)cccc3Cl)cc2)n2nc(SCc3ccccc3Cl)nc2N1. The third kappa shape index (κ3) is 6.63. The van der Waals surface area contributed by atoms with Gasteiger partial charge in [0.15, 0.2) is 0 Å². The van der Waals surface area contributed by atoms with Gasteiger partial charge in [-0.2, -0.15) is 4.98 Å². The number of aryl methyl sites for hydroxylation is 1. The molecule has 46 heavy (non-hydrogen) atoms. The highest BCUT2D eigenvalue weighted by atomic mass is 35.5. The first-order valence-corrected chi connectivity index (χ1v) is 16.3. The van der Waals surface area contributed by atoms with E-state index in [0.717, 1.165) is 27.9 Å². The number of benzene rings is 4. The number of hydrogen-bond donors (Lipinski definition) is 2. The Morgan fingerprint density at radius 3 is 2.48 bits per heavy atom. The summed E-state index contributed by atoms with van der Waals surface area (Å²) in [6, 6.07) is 24.7. The number of allylic oxidation sites excluding steroid dienone is 1. The lowest BCUT2D eigenvalue weighted by Crippen LogP contribution is -2.31. The van der Waals surface area contributed by atoms with Gasteiger partial charge >= 0.3 is 0 Å². The van der Waals surface area contributed by atoms with Crippen LogP contribution in [0.25, 0.3) is 0 Å². The first kappa shape index (κ1) is 31.7. The number of nitrogens with one attached hydrogen (secondary N) is 2. The van der Waals surface area contributed by atoms with Crippen LogP contribution >= 0.6 is 35.0 Å². The van der Waals surface area contributed by atoms with Crippen LogP contribution in [0.4, 0.5) is 16.0 Å². The number of carbonyl (C=O) groups is 1. The number of ether oxygens (including phenoxy) is 1. The second-order valence-corrected chi connectivity index (χ2v) is 12.6. The van der Waals surface area contributed by atoms with Crippen LogP contribution < -0.4 is 15.4 Å². The molecule has 0 saturated heterocycles. The Balaban J connectivity index is 1.32. The Morgan fingerprint density at radius 1 is 0.978 bits per heavy atom. The topological polar surface area (TPSA) is 81.1 Å². The van der Waals surface area contributed by atoms with Crippen LogP contribution in [-0.4, -0.2) is 20.7 Å². The molecule has 0 fully saturated rings. The second kappa shape index (κ2) is 13.6. The van der Waals surface area contributed by atoms with Crippen molar-refractivity contribution in [1.29, 1.82) is 0 Å². The van der Waals surface area contributed by atoms with Crippen LogP contribution in [0.15, 0.2) is 101 Å². The number of halogens is 3. The van der Waals surface area contributed by atoms with E-state index in [1.54, 1.807) is 28.9 Å². The molecule has 0 radical (unpaired) electrons. The average Bonchev–Trinajstić information content (AvgIpc) is 3.44. The van der Waals surface area contributed by atoms with Gasteiger partial charge in [-0.25, -0.2) is 9.07 Å². The van der Waals surface area contributed by atoms with Gasteiger partial charge in [0.25, 0.3) is 5.91 Å². The molecule has 234 valence electrons. The predicted molar refractivity (Wildman–Crippen MR) is 182 cm³/mol. The zero-order valence-corrected chi connectivity index (χ0v) is 27.6. The van der Waals surface area contributed by atoms with Crippen molar-refractivity contribution in [3.8, 4) is 5.75 Å². The normalized spacial score (nSPS) is 14.1. The van der Waals surface area contributed by atoms with E-state index in [9.17, 15) is 9.18 Å². The molecule has 2 heterocycles. The Bertz CT molecular complexity index is 1940. The number of hydrogen-bond acceptors (Lipinski definition) is 6. The Labute approximate surface area is 280 Å². The van der Waals surface area contributed by atoms with Crippen molar-refractivity contribution in [2.45, 2.75) is 44.3 Å². The van der Waals surface area contributed by atoms with E-state index in [2.05, 4.69) is 10.6 Å². The first-order chi connectivity index (χ1) is 22.2. The zero-order valence-electron chi connectivity index (χ0n) is 25.3. The van der Waals surface area contributed by atoms with Crippen molar-refractivity contribution in [3.63, 3.8) is 0 Å².